The normalized spacial score (nSPS) is 11.3. The summed E-state index contributed by atoms with van der Waals surface area (Å²) in [7, 11) is 0. The van der Waals surface area contributed by atoms with Gasteiger partial charge in [-0.05, 0) is 23.8 Å². The van der Waals surface area contributed by atoms with Crippen molar-refractivity contribution in [2.45, 2.75) is 12.6 Å². The van der Waals surface area contributed by atoms with E-state index in [4.69, 9.17) is 5.11 Å². The highest BCUT2D eigenvalue weighted by Crippen LogP contribution is 2.32. The van der Waals surface area contributed by atoms with Crippen LogP contribution in [0.1, 0.15) is 11.1 Å². The molecule has 0 saturated heterocycles. The van der Waals surface area contributed by atoms with E-state index in [1.807, 2.05) is 0 Å². The molecule has 0 aliphatic carbocycles. The Morgan fingerprint density at radius 1 is 1.24 bits per heavy atom. The Bertz CT molecular complexity index is 468. The lowest BCUT2D eigenvalue weighted by Crippen LogP contribution is -2.15. The minimum absolute atomic E-state index is 0.000833. The van der Waals surface area contributed by atoms with Crippen molar-refractivity contribution >= 4 is 27.7 Å². The van der Waals surface area contributed by atoms with E-state index < -0.39 is 29.9 Å². The van der Waals surface area contributed by atoms with E-state index in [0.29, 0.717) is 0 Å². The number of ketones is 1. The summed E-state index contributed by atoms with van der Waals surface area (Å²) in [5, 5.41) is 8.36. The van der Waals surface area contributed by atoms with Crippen LogP contribution in [0.2, 0.25) is 0 Å². The second kappa shape index (κ2) is 4.87. The molecule has 0 aliphatic heterocycles. The van der Waals surface area contributed by atoms with Gasteiger partial charge in [0, 0.05) is 10.9 Å². The standard InChI is InChI=1S/C10H6BrF3O3/c11-7-2-5(3-8(15)9(16)17)1-6(4-7)10(12,13)14/h1-2,4H,3H2,(H,16,17). The van der Waals surface area contributed by atoms with E-state index in [9.17, 15) is 22.8 Å². The smallest absolute Gasteiger partial charge is 0.416 e. The first-order valence-corrected chi connectivity index (χ1v) is 5.12. The van der Waals surface area contributed by atoms with Gasteiger partial charge >= 0.3 is 12.1 Å². The number of carboxylic acids is 1. The number of alkyl halides is 3. The molecular formula is C10H6BrF3O3. The average Bonchev–Trinajstić information content (AvgIpc) is 2.15. The van der Waals surface area contributed by atoms with Gasteiger partial charge in [0.05, 0.1) is 5.56 Å². The number of hydrogen-bond donors (Lipinski definition) is 1. The maximum Gasteiger partial charge on any atom is 0.416 e. The number of aliphatic carboxylic acids is 1. The van der Waals surface area contributed by atoms with Crippen molar-refractivity contribution in [2.24, 2.45) is 0 Å². The molecule has 92 valence electrons. The molecule has 1 N–H and O–H groups in total. The Morgan fingerprint density at radius 3 is 2.29 bits per heavy atom. The number of hydrogen-bond acceptors (Lipinski definition) is 2. The summed E-state index contributed by atoms with van der Waals surface area (Å²) in [6.45, 7) is 0. The van der Waals surface area contributed by atoms with E-state index in [-0.39, 0.29) is 10.0 Å². The van der Waals surface area contributed by atoms with Gasteiger partial charge in [-0.3, -0.25) is 4.79 Å². The first kappa shape index (κ1) is 13.7. The topological polar surface area (TPSA) is 54.4 Å². The lowest BCUT2D eigenvalue weighted by molar-refractivity contribution is -0.148. The number of carbonyl (C=O) groups is 2. The monoisotopic (exact) mass is 310 g/mol. The third-order valence-corrected chi connectivity index (χ3v) is 2.35. The van der Waals surface area contributed by atoms with Crippen molar-refractivity contribution in [3.8, 4) is 0 Å². The highest BCUT2D eigenvalue weighted by molar-refractivity contribution is 9.10. The van der Waals surface area contributed by atoms with Gasteiger partial charge in [0.15, 0.2) is 0 Å². The molecule has 0 aromatic heterocycles. The molecule has 0 aliphatic rings. The van der Waals surface area contributed by atoms with Gasteiger partial charge < -0.3 is 5.11 Å². The zero-order valence-electron chi connectivity index (χ0n) is 8.21. The number of carboxylic acid groups (broad SMARTS) is 1. The van der Waals surface area contributed by atoms with Crippen molar-refractivity contribution in [2.75, 3.05) is 0 Å². The van der Waals surface area contributed by atoms with Gasteiger partial charge in [0.1, 0.15) is 0 Å². The molecule has 0 heterocycles. The van der Waals surface area contributed by atoms with Gasteiger partial charge in [-0.15, -0.1) is 0 Å². The molecule has 0 unspecified atom stereocenters. The molecule has 0 radical (unpaired) electrons. The highest BCUT2D eigenvalue weighted by Gasteiger charge is 2.31. The van der Waals surface area contributed by atoms with Crippen LogP contribution < -0.4 is 0 Å². The highest BCUT2D eigenvalue weighted by atomic mass is 79.9. The van der Waals surface area contributed by atoms with Gasteiger partial charge in [-0.1, -0.05) is 15.9 Å². The summed E-state index contributed by atoms with van der Waals surface area (Å²) < 4.78 is 37.4. The Labute approximate surface area is 102 Å². The Hall–Kier alpha value is -1.37. The van der Waals surface area contributed by atoms with Crippen LogP contribution in [-0.4, -0.2) is 16.9 Å². The molecule has 0 bridgehead atoms. The van der Waals surface area contributed by atoms with Gasteiger partial charge in [-0.25, -0.2) is 4.79 Å². The van der Waals surface area contributed by atoms with Crippen molar-refractivity contribution in [1.29, 1.82) is 0 Å². The van der Waals surface area contributed by atoms with Crippen molar-refractivity contribution in [3.05, 3.63) is 33.8 Å². The molecule has 0 saturated carbocycles. The molecule has 1 aromatic carbocycles. The molecule has 7 heteroatoms. The fourth-order valence-corrected chi connectivity index (χ4v) is 1.72. The van der Waals surface area contributed by atoms with Crippen LogP contribution in [0.3, 0.4) is 0 Å². The van der Waals surface area contributed by atoms with E-state index in [1.54, 1.807) is 0 Å². The minimum Gasteiger partial charge on any atom is -0.475 e. The van der Waals surface area contributed by atoms with E-state index in [2.05, 4.69) is 15.9 Å². The molecule has 1 aromatic rings. The molecule has 0 fully saturated rings. The molecule has 3 nitrogen and oxygen atoms in total. The maximum absolute atomic E-state index is 12.4. The summed E-state index contributed by atoms with van der Waals surface area (Å²) in [6.07, 6.45) is -5.11. The Balaban J connectivity index is 3.06. The van der Waals surface area contributed by atoms with Gasteiger partial charge in [0.2, 0.25) is 5.78 Å². The predicted octanol–water partition coefficient (Wildman–Crippen LogP) is 2.66. The quantitative estimate of drug-likeness (QED) is 0.873. The van der Waals surface area contributed by atoms with Gasteiger partial charge in [-0.2, -0.15) is 13.2 Å². The molecule has 0 spiro atoms. The molecule has 0 atom stereocenters. The number of carbonyl (C=O) groups excluding carboxylic acids is 1. The first-order valence-electron chi connectivity index (χ1n) is 4.33. The van der Waals surface area contributed by atoms with Crippen molar-refractivity contribution < 1.29 is 27.9 Å². The summed E-state index contributed by atoms with van der Waals surface area (Å²) in [4.78, 5) is 21.2. The number of halogens is 4. The maximum atomic E-state index is 12.4. The van der Waals surface area contributed by atoms with Crippen LogP contribution in [0.15, 0.2) is 22.7 Å². The molecule has 0 amide bonds. The fourth-order valence-electron chi connectivity index (χ4n) is 1.18. The van der Waals surface area contributed by atoms with Crippen LogP contribution in [-0.2, 0) is 22.2 Å². The lowest BCUT2D eigenvalue weighted by atomic mass is 10.1. The fraction of sp³-hybridized carbons (Fsp3) is 0.200. The minimum atomic E-state index is -4.54. The SMILES string of the molecule is O=C(O)C(=O)Cc1cc(Br)cc(C(F)(F)F)c1. The van der Waals surface area contributed by atoms with E-state index in [1.165, 1.54) is 6.07 Å². The summed E-state index contributed by atoms with van der Waals surface area (Å²) in [6, 6.07) is 2.89. The summed E-state index contributed by atoms with van der Waals surface area (Å²) in [5.74, 6) is -2.82. The van der Waals surface area contributed by atoms with Crippen LogP contribution >= 0.6 is 15.9 Å². The summed E-state index contributed by atoms with van der Waals surface area (Å²) >= 11 is 2.87. The third-order valence-electron chi connectivity index (χ3n) is 1.89. The second-order valence-electron chi connectivity index (χ2n) is 3.25. The van der Waals surface area contributed by atoms with Crippen LogP contribution in [0.4, 0.5) is 13.2 Å². The lowest BCUT2D eigenvalue weighted by Gasteiger charge is -2.09. The zero-order chi connectivity index (χ0) is 13.2. The predicted molar refractivity (Wildman–Crippen MR) is 55.5 cm³/mol. The van der Waals surface area contributed by atoms with Crippen molar-refractivity contribution in [1.82, 2.24) is 0 Å². The Kier molecular flexibility index (Phi) is 3.92. The summed E-state index contributed by atoms with van der Waals surface area (Å²) in [5.41, 5.74) is -0.931. The first-order chi connectivity index (χ1) is 7.70. The molecule has 1 rings (SSSR count). The Morgan fingerprint density at radius 2 is 1.82 bits per heavy atom. The number of rotatable bonds is 3. The molecular weight excluding hydrogens is 305 g/mol. The van der Waals surface area contributed by atoms with E-state index >= 15 is 0 Å². The van der Waals surface area contributed by atoms with Gasteiger partial charge in [0.25, 0.3) is 0 Å². The average molecular weight is 311 g/mol. The number of Topliss-reactive ketones (excluding diaryl/α,β-unsaturated/α-hetero) is 1. The second-order valence-corrected chi connectivity index (χ2v) is 4.17. The van der Waals surface area contributed by atoms with Crippen molar-refractivity contribution in [3.63, 3.8) is 0 Å². The van der Waals surface area contributed by atoms with Crippen LogP contribution in [0.5, 0.6) is 0 Å². The van der Waals surface area contributed by atoms with E-state index in [0.717, 1.165) is 12.1 Å². The van der Waals surface area contributed by atoms with Crippen LogP contribution in [0.25, 0.3) is 0 Å². The largest absolute Gasteiger partial charge is 0.475 e. The van der Waals surface area contributed by atoms with Crippen LogP contribution in [0, 0.1) is 0 Å². The molecule has 17 heavy (non-hydrogen) atoms. The third kappa shape index (κ3) is 3.85. The number of benzene rings is 1. The zero-order valence-corrected chi connectivity index (χ0v) is 9.80.